The first-order valence-electron chi connectivity index (χ1n) is 3.95. The molecule has 0 aromatic heterocycles. The van der Waals surface area contributed by atoms with Gasteiger partial charge in [-0.2, -0.15) is 11.8 Å². The zero-order valence-electron chi connectivity index (χ0n) is 7.83. The van der Waals surface area contributed by atoms with Gasteiger partial charge in [0.05, 0.1) is 0 Å². The molecule has 0 bridgehead atoms. The molecule has 1 atom stereocenters. The number of aliphatic carboxylic acids is 1. The Kier molecular flexibility index (Phi) is 2.36. The van der Waals surface area contributed by atoms with Gasteiger partial charge in [0.15, 0.2) is 0 Å². The second-order valence-electron chi connectivity index (χ2n) is 1.58. The van der Waals surface area contributed by atoms with Crippen LogP contribution in [0.5, 0.6) is 0 Å². The molecule has 0 unspecified atom stereocenters. The SMILES string of the molecule is [2H]C([2H])([2H])SCC[C@@H](N)C(=O)O. The number of carboxylic acid groups (broad SMARTS) is 1. The van der Waals surface area contributed by atoms with Gasteiger partial charge in [0, 0.05) is 4.11 Å². The fourth-order valence-electron chi connectivity index (χ4n) is 0.309. The molecule has 0 amide bonds. The van der Waals surface area contributed by atoms with Crippen molar-refractivity contribution in [2.45, 2.75) is 12.5 Å². The van der Waals surface area contributed by atoms with Crippen molar-refractivity contribution in [2.75, 3.05) is 11.9 Å². The molecule has 4 heteroatoms. The highest BCUT2D eigenvalue weighted by molar-refractivity contribution is 7.98. The number of thioether (sulfide) groups is 1. The van der Waals surface area contributed by atoms with Crippen LogP contribution in [0.25, 0.3) is 0 Å². The summed E-state index contributed by atoms with van der Waals surface area (Å²) in [4.78, 5) is 10.2. The lowest BCUT2D eigenvalue weighted by Gasteiger charge is -2.02. The third kappa shape index (κ3) is 4.29. The van der Waals surface area contributed by atoms with Crippen molar-refractivity contribution < 1.29 is 14.0 Å². The van der Waals surface area contributed by atoms with E-state index in [0.717, 1.165) is 11.8 Å². The summed E-state index contributed by atoms with van der Waals surface area (Å²) in [7, 11) is 0. The van der Waals surface area contributed by atoms with Crippen LogP contribution in [0.2, 0.25) is 0 Å². The van der Waals surface area contributed by atoms with Crippen molar-refractivity contribution in [1.29, 1.82) is 0 Å². The highest BCUT2D eigenvalue weighted by Gasteiger charge is 2.08. The Balaban J connectivity index is 3.51. The van der Waals surface area contributed by atoms with Gasteiger partial charge in [-0.3, -0.25) is 4.79 Å². The van der Waals surface area contributed by atoms with Crippen LogP contribution in [0, 0.1) is 0 Å². The number of nitrogens with two attached hydrogens (primary N) is 1. The lowest BCUT2D eigenvalue weighted by atomic mass is 10.2. The van der Waals surface area contributed by atoms with E-state index >= 15 is 0 Å². The van der Waals surface area contributed by atoms with Gasteiger partial charge < -0.3 is 10.8 Å². The van der Waals surface area contributed by atoms with Crippen molar-refractivity contribution in [3.63, 3.8) is 0 Å². The van der Waals surface area contributed by atoms with Gasteiger partial charge in [-0.1, -0.05) is 0 Å². The lowest BCUT2D eigenvalue weighted by molar-refractivity contribution is -0.138. The predicted molar refractivity (Wildman–Crippen MR) is 38.6 cm³/mol. The molecule has 3 nitrogen and oxygen atoms in total. The van der Waals surface area contributed by atoms with E-state index in [4.69, 9.17) is 15.0 Å². The summed E-state index contributed by atoms with van der Waals surface area (Å²) < 4.78 is 20.4. The first-order valence-corrected chi connectivity index (χ1v) is 3.44. The van der Waals surface area contributed by atoms with Gasteiger partial charge in [-0.25, -0.2) is 0 Å². The van der Waals surface area contributed by atoms with Crippen molar-refractivity contribution >= 4 is 17.7 Å². The quantitative estimate of drug-likeness (QED) is 0.602. The second-order valence-corrected chi connectivity index (χ2v) is 2.28. The Bertz CT molecular complexity index is 161. The summed E-state index contributed by atoms with van der Waals surface area (Å²) in [6.07, 6.45) is -1.88. The van der Waals surface area contributed by atoms with E-state index in [1.807, 2.05) is 0 Å². The van der Waals surface area contributed by atoms with Gasteiger partial charge in [0.2, 0.25) is 0 Å². The van der Waals surface area contributed by atoms with E-state index in [9.17, 15) is 4.79 Å². The van der Waals surface area contributed by atoms with Crippen LogP contribution < -0.4 is 5.73 Å². The largest absolute Gasteiger partial charge is 0.480 e. The number of carboxylic acids is 1. The van der Waals surface area contributed by atoms with E-state index in [1.54, 1.807) is 0 Å². The van der Waals surface area contributed by atoms with Gasteiger partial charge >= 0.3 is 5.97 Å². The molecule has 0 spiro atoms. The Hall–Kier alpha value is -0.220. The summed E-state index contributed by atoms with van der Waals surface area (Å²) in [5.41, 5.74) is 5.15. The third-order valence-electron chi connectivity index (χ3n) is 0.848. The van der Waals surface area contributed by atoms with Crippen molar-refractivity contribution in [2.24, 2.45) is 5.73 Å². The molecule has 0 saturated heterocycles. The average molecular weight is 152 g/mol. The standard InChI is InChI=1S/C5H11NO2S/c1-9-3-2-4(6)5(7)8/h4H,2-3,6H2,1H3,(H,7,8)/t4-/m1/s1/i1D3. The smallest absolute Gasteiger partial charge is 0.320 e. The molecule has 9 heavy (non-hydrogen) atoms. The Morgan fingerprint density at radius 2 is 2.78 bits per heavy atom. The van der Waals surface area contributed by atoms with E-state index < -0.39 is 18.2 Å². The van der Waals surface area contributed by atoms with Crippen molar-refractivity contribution in [3.05, 3.63) is 0 Å². The summed E-state index contributed by atoms with van der Waals surface area (Å²) in [6, 6.07) is -0.958. The lowest BCUT2D eigenvalue weighted by Crippen LogP contribution is -2.30. The molecule has 0 radical (unpaired) electrons. The summed E-state index contributed by atoms with van der Waals surface area (Å²) in [5, 5.41) is 8.34. The predicted octanol–water partition coefficient (Wildman–Crippen LogP) is 0.151. The molecule has 0 rings (SSSR count). The van der Waals surface area contributed by atoms with Crippen LogP contribution in [-0.4, -0.2) is 29.1 Å². The van der Waals surface area contributed by atoms with Crippen LogP contribution in [0.1, 0.15) is 10.5 Å². The zero-order chi connectivity index (χ0) is 9.78. The fourth-order valence-corrected chi connectivity index (χ4v) is 0.681. The number of hydrogen-bond donors (Lipinski definition) is 2. The maximum atomic E-state index is 10.2. The molecule has 0 aromatic carbocycles. The first-order chi connectivity index (χ1) is 5.33. The van der Waals surface area contributed by atoms with Gasteiger partial charge in [-0.15, -0.1) is 0 Å². The topological polar surface area (TPSA) is 63.3 Å². The molecule has 0 aliphatic carbocycles. The molecule has 0 saturated carbocycles. The minimum absolute atomic E-state index is 0.179. The minimum Gasteiger partial charge on any atom is -0.480 e. The maximum absolute atomic E-state index is 10.2. The van der Waals surface area contributed by atoms with Crippen LogP contribution in [0.4, 0.5) is 0 Å². The fraction of sp³-hybridized carbons (Fsp3) is 0.800. The maximum Gasteiger partial charge on any atom is 0.320 e. The molecule has 3 N–H and O–H groups in total. The summed E-state index contributed by atoms with van der Waals surface area (Å²) >= 11 is 0.736. The van der Waals surface area contributed by atoms with Crippen LogP contribution in [-0.2, 0) is 4.79 Å². The van der Waals surface area contributed by atoms with E-state index in [2.05, 4.69) is 0 Å². The number of carbonyl (C=O) groups is 1. The van der Waals surface area contributed by atoms with Crippen molar-refractivity contribution in [1.82, 2.24) is 0 Å². The van der Waals surface area contributed by atoms with Gasteiger partial charge in [-0.05, 0) is 18.4 Å². The Morgan fingerprint density at radius 3 is 3.22 bits per heavy atom. The monoisotopic (exact) mass is 152 g/mol. The summed E-state index contributed by atoms with van der Waals surface area (Å²) in [6.45, 7) is 0. The molecule has 0 heterocycles. The molecular weight excluding hydrogens is 138 g/mol. The number of hydrogen-bond acceptors (Lipinski definition) is 3. The highest BCUT2D eigenvalue weighted by atomic mass is 32.2. The molecular formula is C5H11NO2S. The zero-order valence-corrected chi connectivity index (χ0v) is 5.65. The molecule has 0 fully saturated rings. The first kappa shape index (κ1) is 4.57. The average Bonchev–Trinajstić information content (AvgIpc) is 1.84. The normalized spacial score (nSPS) is 19.4. The second kappa shape index (κ2) is 4.64. The van der Waals surface area contributed by atoms with E-state index in [-0.39, 0.29) is 12.2 Å². The van der Waals surface area contributed by atoms with Crippen molar-refractivity contribution in [3.8, 4) is 0 Å². The third-order valence-corrected chi connectivity index (χ3v) is 1.29. The van der Waals surface area contributed by atoms with Gasteiger partial charge in [0.1, 0.15) is 6.04 Å². The minimum atomic E-state index is -2.06. The molecule has 0 aliphatic rings. The molecule has 0 aliphatic heterocycles. The van der Waals surface area contributed by atoms with Gasteiger partial charge in [0.25, 0.3) is 0 Å². The van der Waals surface area contributed by atoms with Crippen LogP contribution >= 0.6 is 11.8 Å². The van der Waals surface area contributed by atoms with E-state index in [1.165, 1.54) is 0 Å². The van der Waals surface area contributed by atoms with Crippen LogP contribution in [0.15, 0.2) is 0 Å². The molecule has 54 valence electrons. The summed E-state index contributed by atoms with van der Waals surface area (Å²) in [5.74, 6) is -0.856. The Morgan fingerprint density at radius 1 is 2.11 bits per heavy atom. The number of rotatable bonds is 4. The Labute approximate surface area is 62.8 Å². The van der Waals surface area contributed by atoms with E-state index in [0.29, 0.717) is 0 Å². The van der Waals surface area contributed by atoms with Crippen LogP contribution in [0.3, 0.4) is 0 Å². The molecule has 0 aromatic rings. The highest BCUT2D eigenvalue weighted by Crippen LogP contribution is 1.97.